The minimum atomic E-state index is -1.01. The van der Waals surface area contributed by atoms with E-state index in [1.165, 1.54) is 0 Å². The predicted molar refractivity (Wildman–Crippen MR) is 54.7 cm³/mol. The Morgan fingerprint density at radius 2 is 1.54 bits per heavy atom. The predicted octanol–water partition coefficient (Wildman–Crippen LogP) is 1.67. The lowest BCUT2D eigenvalue weighted by Gasteiger charge is -2.31. The Morgan fingerprint density at radius 1 is 1.08 bits per heavy atom. The van der Waals surface area contributed by atoms with Gasteiger partial charge in [0, 0.05) is 11.6 Å². The number of aliphatic hydroxyl groups is 2. The molecule has 2 N–H and O–H groups in total. The zero-order chi connectivity index (χ0) is 10.5. The first-order valence-electron chi connectivity index (χ1n) is 4.02. The third-order valence-corrected chi connectivity index (χ3v) is 2.37. The van der Waals surface area contributed by atoms with Gasteiger partial charge in [0.1, 0.15) is 0 Å². The molecule has 1 heterocycles. The van der Waals surface area contributed by atoms with Crippen molar-refractivity contribution < 1.29 is 10.2 Å². The summed E-state index contributed by atoms with van der Waals surface area (Å²) in [4.78, 5) is 3.74. The molecule has 0 fully saturated rings. The number of thiazole rings is 1. The Balaban J connectivity index is 0.000000243. The van der Waals surface area contributed by atoms with Gasteiger partial charge in [-0.25, -0.2) is 0 Å². The lowest BCUT2D eigenvalue weighted by Crippen LogP contribution is -2.44. The standard InChI is InChI=1S/C6H14O2.C3H3NS/c1-5(2,7)6(3,4)8;1-2-5-3-4-1/h7-8H,1-4H3;1-3H. The van der Waals surface area contributed by atoms with E-state index in [4.69, 9.17) is 10.2 Å². The highest BCUT2D eigenvalue weighted by atomic mass is 32.1. The van der Waals surface area contributed by atoms with Crippen LogP contribution in [0.1, 0.15) is 27.7 Å². The molecule has 0 atom stereocenters. The summed E-state index contributed by atoms with van der Waals surface area (Å²) in [6.07, 6.45) is 1.77. The van der Waals surface area contributed by atoms with Crippen molar-refractivity contribution in [3.8, 4) is 0 Å². The van der Waals surface area contributed by atoms with Crippen molar-refractivity contribution >= 4 is 11.3 Å². The molecule has 0 aliphatic carbocycles. The number of nitrogens with zero attached hydrogens (tertiary/aromatic N) is 1. The van der Waals surface area contributed by atoms with Gasteiger partial charge in [-0.15, -0.1) is 11.3 Å². The van der Waals surface area contributed by atoms with Crippen LogP contribution in [0.4, 0.5) is 0 Å². The first-order valence-corrected chi connectivity index (χ1v) is 4.96. The molecule has 1 aromatic rings. The van der Waals surface area contributed by atoms with Crippen molar-refractivity contribution in [1.29, 1.82) is 0 Å². The van der Waals surface area contributed by atoms with Gasteiger partial charge < -0.3 is 10.2 Å². The summed E-state index contributed by atoms with van der Waals surface area (Å²) in [7, 11) is 0. The largest absolute Gasteiger partial charge is 0.387 e. The Labute approximate surface area is 83.1 Å². The van der Waals surface area contributed by atoms with Crippen LogP contribution < -0.4 is 0 Å². The average Bonchev–Trinajstić information content (AvgIpc) is 2.35. The SMILES string of the molecule is CC(C)(O)C(C)(C)O.c1cscn1. The average molecular weight is 203 g/mol. The molecule has 0 amide bonds. The van der Waals surface area contributed by atoms with Crippen LogP contribution in [0.25, 0.3) is 0 Å². The lowest BCUT2D eigenvalue weighted by molar-refractivity contribution is -0.107. The molecular weight excluding hydrogens is 186 g/mol. The zero-order valence-corrected chi connectivity index (χ0v) is 9.30. The maximum atomic E-state index is 9.10. The van der Waals surface area contributed by atoms with Crippen LogP contribution in [0, 0.1) is 0 Å². The highest BCUT2D eigenvalue weighted by molar-refractivity contribution is 7.07. The van der Waals surface area contributed by atoms with E-state index in [1.807, 2.05) is 5.38 Å². The smallest absolute Gasteiger partial charge is 0.0872 e. The van der Waals surface area contributed by atoms with Gasteiger partial charge in [0.05, 0.1) is 16.7 Å². The maximum Gasteiger partial charge on any atom is 0.0872 e. The van der Waals surface area contributed by atoms with Crippen LogP contribution in [0.2, 0.25) is 0 Å². The van der Waals surface area contributed by atoms with E-state index in [-0.39, 0.29) is 0 Å². The molecule has 0 spiro atoms. The fourth-order valence-electron chi connectivity index (χ4n) is 0.176. The third-order valence-electron chi connectivity index (χ3n) is 1.84. The Morgan fingerprint density at radius 3 is 1.62 bits per heavy atom. The van der Waals surface area contributed by atoms with E-state index < -0.39 is 11.2 Å². The summed E-state index contributed by atoms with van der Waals surface area (Å²) in [5.41, 5.74) is -0.222. The second-order valence-electron chi connectivity index (χ2n) is 3.79. The third kappa shape index (κ3) is 5.74. The molecular formula is C9H17NO2S. The molecule has 0 saturated carbocycles. The van der Waals surface area contributed by atoms with E-state index in [0.29, 0.717) is 0 Å². The van der Waals surface area contributed by atoms with Crippen molar-refractivity contribution in [2.24, 2.45) is 0 Å². The molecule has 0 radical (unpaired) electrons. The van der Waals surface area contributed by atoms with E-state index in [9.17, 15) is 0 Å². The lowest BCUT2D eigenvalue weighted by atomic mass is 9.90. The topological polar surface area (TPSA) is 53.4 Å². The van der Waals surface area contributed by atoms with Gasteiger partial charge >= 0.3 is 0 Å². The fraction of sp³-hybridized carbons (Fsp3) is 0.667. The highest BCUT2D eigenvalue weighted by Crippen LogP contribution is 2.19. The van der Waals surface area contributed by atoms with E-state index in [1.54, 1.807) is 50.7 Å². The molecule has 1 aromatic heterocycles. The summed E-state index contributed by atoms with van der Waals surface area (Å²) >= 11 is 1.60. The molecule has 0 aliphatic rings. The molecule has 0 aliphatic heterocycles. The van der Waals surface area contributed by atoms with Crippen molar-refractivity contribution in [3.63, 3.8) is 0 Å². The normalized spacial score (nSPS) is 11.8. The van der Waals surface area contributed by atoms with Gasteiger partial charge in [-0.1, -0.05) is 0 Å². The molecule has 1 rings (SSSR count). The van der Waals surface area contributed by atoms with E-state index >= 15 is 0 Å². The van der Waals surface area contributed by atoms with Crippen LogP contribution in [0.3, 0.4) is 0 Å². The second kappa shape index (κ2) is 4.69. The summed E-state index contributed by atoms with van der Waals surface area (Å²) in [6, 6.07) is 0. The molecule has 76 valence electrons. The minimum absolute atomic E-state index is 1.01. The van der Waals surface area contributed by atoms with Crippen molar-refractivity contribution in [2.75, 3.05) is 0 Å². The molecule has 0 bridgehead atoms. The summed E-state index contributed by atoms with van der Waals surface area (Å²) in [5.74, 6) is 0. The van der Waals surface area contributed by atoms with Gasteiger partial charge in [0.25, 0.3) is 0 Å². The molecule has 4 heteroatoms. The van der Waals surface area contributed by atoms with Crippen molar-refractivity contribution in [1.82, 2.24) is 4.98 Å². The number of aromatic nitrogens is 1. The van der Waals surface area contributed by atoms with Crippen molar-refractivity contribution in [2.45, 2.75) is 38.9 Å². The molecule has 0 aromatic carbocycles. The monoisotopic (exact) mass is 203 g/mol. The summed E-state index contributed by atoms with van der Waals surface area (Å²) < 4.78 is 0. The van der Waals surface area contributed by atoms with Crippen LogP contribution >= 0.6 is 11.3 Å². The molecule has 3 nitrogen and oxygen atoms in total. The fourth-order valence-corrected chi connectivity index (χ4v) is 0.527. The van der Waals surface area contributed by atoms with E-state index in [2.05, 4.69) is 4.98 Å². The second-order valence-corrected chi connectivity index (χ2v) is 4.55. The highest BCUT2D eigenvalue weighted by Gasteiger charge is 2.31. The van der Waals surface area contributed by atoms with Gasteiger partial charge in [-0.2, -0.15) is 0 Å². The quantitative estimate of drug-likeness (QED) is 0.730. The van der Waals surface area contributed by atoms with Crippen LogP contribution in [-0.2, 0) is 0 Å². The Kier molecular flexibility index (Phi) is 4.53. The Hall–Kier alpha value is -0.450. The van der Waals surface area contributed by atoms with Gasteiger partial charge in [-0.3, -0.25) is 4.98 Å². The molecule has 13 heavy (non-hydrogen) atoms. The number of rotatable bonds is 1. The summed E-state index contributed by atoms with van der Waals surface area (Å²) in [5, 5.41) is 20.1. The number of hydrogen-bond donors (Lipinski definition) is 2. The van der Waals surface area contributed by atoms with Crippen LogP contribution in [-0.4, -0.2) is 26.4 Å². The molecule has 0 saturated heterocycles. The Bertz CT molecular complexity index is 179. The van der Waals surface area contributed by atoms with Crippen LogP contribution in [0.15, 0.2) is 17.1 Å². The first-order chi connectivity index (χ1) is 5.75. The maximum absolute atomic E-state index is 9.10. The number of hydrogen-bond acceptors (Lipinski definition) is 4. The zero-order valence-electron chi connectivity index (χ0n) is 8.48. The van der Waals surface area contributed by atoms with Gasteiger partial charge in [-0.05, 0) is 27.7 Å². The van der Waals surface area contributed by atoms with Crippen LogP contribution in [0.5, 0.6) is 0 Å². The summed E-state index contributed by atoms with van der Waals surface area (Å²) in [6.45, 7) is 6.31. The minimum Gasteiger partial charge on any atom is -0.387 e. The van der Waals surface area contributed by atoms with Gasteiger partial charge in [0.2, 0.25) is 0 Å². The first kappa shape index (κ1) is 12.6. The van der Waals surface area contributed by atoms with E-state index in [0.717, 1.165) is 0 Å². The van der Waals surface area contributed by atoms with Gasteiger partial charge in [0.15, 0.2) is 0 Å². The molecule has 0 unspecified atom stereocenters. The van der Waals surface area contributed by atoms with Crippen molar-refractivity contribution in [3.05, 3.63) is 17.1 Å².